The van der Waals surface area contributed by atoms with E-state index in [2.05, 4.69) is 5.10 Å². The number of nitrogens with two attached hydrogens (primary N) is 1. The molecule has 1 aromatic heterocycles. The Kier molecular flexibility index (Phi) is 7.56. The van der Waals surface area contributed by atoms with E-state index in [-0.39, 0.29) is 22.7 Å². The lowest BCUT2D eigenvalue weighted by Gasteiger charge is -2.32. The van der Waals surface area contributed by atoms with E-state index in [4.69, 9.17) is 17.3 Å². The van der Waals surface area contributed by atoms with E-state index >= 15 is 0 Å². The molecule has 1 aliphatic heterocycles. The zero-order valence-corrected chi connectivity index (χ0v) is 19.3. The van der Waals surface area contributed by atoms with Gasteiger partial charge in [0, 0.05) is 31.3 Å². The molecule has 2 N–H and O–H groups in total. The van der Waals surface area contributed by atoms with E-state index in [1.165, 1.54) is 39.7 Å². The van der Waals surface area contributed by atoms with Gasteiger partial charge in [-0.25, -0.2) is 18.4 Å². The van der Waals surface area contributed by atoms with Crippen molar-refractivity contribution in [2.45, 2.75) is 46.1 Å². The van der Waals surface area contributed by atoms with E-state index in [0.29, 0.717) is 55.4 Å². The molecule has 1 saturated heterocycles. The molecule has 0 aliphatic carbocycles. The van der Waals surface area contributed by atoms with Gasteiger partial charge in [0.05, 0.1) is 16.8 Å². The number of nitrogens with zero attached hydrogens (tertiary/aromatic N) is 4. The van der Waals surface area contributed by atoms with E-state index in [0.717, 1.165) is 0 Å². The molecule has 1 aromatic carbocycles. The first-order valence-corrected chi connectivity index (χ1v) is 11.1. The van der Waals surface area contributed by atoms with Gasteiger partial charge in [0.15, 0.2) is 5.82 Å². The van der Waals surface area contributed by atoms with Crippen molar-refractivity contribution in [3.8, 4) is 5.69 Å². The molecule has 1 aliphatic rings. The molecule has 9 heteroatoms. The number of amides is 1. The Bertz CT molecular complexity index is 1080. The Morgan fingerprint density at radius 1 is 1.28 bits per heavy atom. The molecule has 0 bridgehead atoms. The van der Waals surface area contributed by atoms with Crippen molar-refractivity contribution in [3.63, 3.8) is 0 Å². The second-order valence-electron chi connectivity index (χ2n) is 8.29. The molecule has 0 radical (unpaired) electrons. The lowest BCUT2D eigenvalue weighted by atomic mass is 10.0. The molecule has 0 spiro atoms. The number of aromatic nitrogens is 3. The fraction of sp³-hybridized carbons (Fsp3) is 0.435. The van der Waals surface area contributed by atoms with Gasteiger partial charge in [0.1, 0.15) is 5.82 Å². The summed E-state index contributed by atoms with van der Waals surface area (Å²) in [6.45, 7) is 6.96. The number of benzene rings is 1. The van der Waals surface area contributed by atoms with E-state index in [1.807, 2.05) is 18.7 Å². The van der Waals surface area contributed by atoms with Crippen molar-refractivity contribution < 1.29 is 9.18 Å². The largest absolute Gasteiger partial charge is 0.403 e. The van der Waals surface area contributed by atoms with Crippen LogP contribution in [0, 0.1) is 11.7 Å². The lowest BCUT2D eigenvalue weighted by Crippen LogP contribution is -2.41. The SMILES string of the molecule is C/C=C(\C(Cl)=C/N)c1nn(C2CCN(C(=O)CC(C)C)CC2)c(=O)n1-c1ccc(F)cc1. The third-order valence-corrected chi connectivity index (χ3v) is 5.90. The molecule has 0 unspecified atom stereocenters. The van der Waals surface area contributed by atoms with Gasteiger partial charge in [-0.2, -0.15) is 0 Å². The van der Waals surface area contributed by atoms with E-state index < -0.39 is 5.82 Å². The summed E-state index contributed by atoms with van der Waals surface area (Å²) in [5.41, 5.74) is 6.24. The highest BCUT2D eigenvalue weighted by Crippen LogP contribution is 2.28. The van der Waals surface area contributed by atoms with Crippen molar-refractivity contribution >= 4 is 23.1 Å². The first-order chi connectivity index (χ1) is 15.3. The van der Waals surface area contributed by atoms with Crippen molar-refractivity contribution in [1.82, 2.24) is 19.2 Å². The molecule has 172 valence electrons. The Hall–Kier alpha value is -2.87. The normalized spacial score (nSPS) is 16.1. The number of carbonyl (C=O) groups excluding carboxylic acids is 1. The number of rotatable bonds is 6. The van der Waals surface area contributed by atoms with Crippen LogP contribution in [0.2, 0.25) is 0 Å². The predicted octanol–water partition coefficient (Wildman–Crippen LogP) is 3.82. The van der Waals surface area contributed by atoms with Gasteiger partial charge in [-0.1, -0.05) is 31.5 Å². The third kappa shape index (κ3) is 4.96. The maximum Gasteiger partial charge on any atom is 0.351 e. The first kappa shape index (κ1) is 23.8. The van der Waals surface area contributed by atoms with Crippen LogP contribution in [0.25, 0.3) is 11.3 Å². The van der Waals surface area contributed by atoms with Gasteiger partial charge < -0.3 is 10.6 Å². The number of hydrogen-bond donors (Lipinski definition) is 1. The van der Waals surface area contributed by atoms with Gasteiger partial charge >= 0.3 is 5.69 Å². The number of piperidine rings is 1. The Morgan fingerprint density at radius 2 is 1.91 bits per heavy atom. The molecule has 2 heterocycles. The molecule has 32 heavy (non-hydrogen) atoms. The maximum atomic E-state index is 13.5. The second kappa shape index (κ2) is 10.2. The summed E-state index contributed by atoms with van der Waals surface area (Å²) in [7, 11) is 0. The minimum Gasteiger partial charge on any atom is -0.403 e. The molecular formula is C23H29ClFN5O2. The minimum absolute atomic E-state index is 0.138. The molecule has 1 amide bonds. The van der Waals surface area contributed by atoms with Crippen LogP contribution in [0.4, 0.5) is 4.39 Å². The molecular weight excluding hydrogens is 433 g/mol. The van der Waals surface area contributed by atoms with Crippen molar-refractivity contribution in [3.05, 3.63) is 63.7 Å². The number of hydrogen-bond acceptors (Lipinski definition) is 4. The van der Waals surface area contributed by atoms with Crippen molar-refractivity contribution in [2.24, 2.45) is 11.7 Å². The van der Waals surface area contributed by atoms with Crippen molar-refractivity contribution in [2.75, 3.05) is 13.1 Å². The average molecular weight is 462 g/mol. The monoisotopic (exact) mass is 461 g/mol. The second-order valence-corrected chi connectivity index (χ2v) is 8.70. The van der Waals surface area contributed by atoms with Crippen LogP contribution in [-0.4, -0.2) is 38.2 Å². The van der Waals surface area contributed by atoms with Crippen LogP contribution >= 0.6 is 11.6 Å². The molecule has 0 saturated carbocycles. The number of halogens is 2. The molecule has 2 aromatic rings. The van der Waals surface area contributed by atoms with Crippen LogP contribution in [-0.2, 0) is 4.79 Å². The molecule has 1 fully saturated rings. The number of allylic oxidation sites excluding steroid dienone is 3. The van der Waals surface area contributed by atoms with Crippen LogP contribution in [0.1, 0.15) is 51.9 Å². The molecule has 3 rings (SSSR count). The summed E-state index contributed by atoms with van der Waals surface area (Å²) in [4.78, 5) is 27.7. The molecule has 0 atom stereocenters. The summed E-state index contributed by atoms with van der Waals surface area (Å²) in [5, 5.41) is 4.86. The van der Waals surface area contributed by atoms with Crippen LogP contribution in [0.3, 0.4) is 0 Å². The summed E-state index contributed by atoms with van der Waals surface area (Å²) in [5.74, 6) is 0.366. The fourth-order valence-electron chi connectivity index (χ4n) is 3.92. The highest BCUT2D eigenvalue weighted by atomic mass is 35.5. The smallest absolute Gasteiger partial charge is 0.351 e. The lowest BCUT2D eigenvalue weighted by molar-refractivity contribution is -0.133. The van der Waals surface area contributed by atoms with E-state index in [9.17, 15) is 14.0 Å². The zero-order valence-electron chi connectivity index (χ0n) is 18.6. The quantitative estimate of drug-likeness (QED) is 0.662. The van der Waals surface area contributed by atoms with Crippen LogP contribution < -0.4 is 11.4 Å². The zero-order chi connectivity index (χ0) is 23.4. The standard InChI is InChI=1S/C23H29ClFN5O2/c1-4-19(20(24)14-26)22-27-30(23(32)29(22)17-7-5-16(25)6-8-17)18-9-11-28(12-10-18)21(31)13-15(2)3/h4-8,14-15,18H,9-13,26H2,1-3H3/b19-4+,20-14+. The Labute approximate surface area is 192 Å². The topological polar surface area (TPSA) is 86.2 Å². The Balaban J connectivity index is 1.98. The summed E-state index contributed by atoms with van der Waals surface area (Å²) < 4.78 is 16.4. The average Bonchev–Trinajstić information content (AvgIpc) is 3.11. The van der Waals surface area contributed by atoms with Gasteiger partial charge in [-0.05, 0) is 49.9 Å². The third-order valence-electron chi connectivity index (χ3n) is 5.57. The van der Waals surface area contributed by atoms with Gasteiger partial charge in [-0.15, -0.1) is 5.10 Å². The maximum absolute atomic E-state index is 13.5. The minimum atomic E-state index is -0.402. The van der Waals surface area contributed by atoms with Gasteiger partial charge in [0.25, 0.3) is 0 Å². The van der Waals surface area contributed by atoms with Gasteiger partial charge in [0.2, 0.25) is 5.91 Å². The summed E-state index contributed by atoms with van der Waals surface area (Å²) in [6.07, 6.45) is 4.73. The first-order valence-electron chi connectivity index (χ1n) is 10.8. The molecule has 7 nitrogen and oxygen atoms in total. The van der Waals surface area contributed by atoms with Gasteiger partial charge in [-0.3, -0.25) is 4.79 Å². The van der Waals surface area contributed by atoms with Crippen molar-refractivity contribution in [1.29, 1.82) is 0 Å². The van der Waals surface area contributed by atoms with Crippen LogP contribution in [0.5, 0.6) is 0 Å². The fourth-order valence-corrected chi connectivity index (χ4v) is 4.11. The number of likely N-dealkylation sites (tertiary alicyclic amines) is 1. The van der Waals surface area contributed by atoms with Crippen LogP contribution in [0.15, 0.2) is 46.4 Å². The summed E-state index contributed by atoms with van der Waals surface area (Å²) >= 11 is 6.29. The number of carbonyl (C=O) groups is 1. The van der Waals surface area contributed by atoms with E-state index in [1.54, 1.807) is 13.0 Å². The summed E-state index contributed by atoms with van der Waals surface area (Å²) in [6, 6.07) is 5.46. The highest BCUT2D eigenvalue weighted by Gasteiger charge is 2.29. The predicted molar refractivity (Wildman–Crippen MR) is 124 cm³/mol. The Morgan fingerprint density at radius 3 is 2.44 bits per heavy atom. The highest BCUT2D eigenvalue weighted by molar-refractivity contribution is 6.36.